The summed E-state index contributed by atoms with van der Waals surface area (Å²) in [5.41, 5.74) is 3.21. The minimum Gasteiger partial charge on any atom is -0.439 e. The second-order valence-electron chi connectivity index (χ2n) is 7.04. The van der Waals surface area contributed by atoms with Crippen molar-refractivity contribution in [3.8, 4) is 17.4 Å². The summed E-state index contributed by atoms with van der Waals surface area (Å²) in [5.74, 6) is 0.767. The van der Waals surface area contributed by atoms with E-state index in [4.69, 9.17) is 4.74 Å². The lowest BCUT2D eigenvalue weighted by Crippen LogP contribution is -2.12. The SMILES string of the molecule is Cc1ccc(C(=O)Nc2ccc(Oc3cc(-n4cnc(C)c4C)ncn3)cc2)cc1F. The predicted octanol–water partition coefficient (Wildman–Crippen LogP) is 4.77. The van der Waals surface area contributed by atoms with Gasteiger partial charge in [-0.3, -0.25) is 9.36 Å². The monoisotopic (exact) mass is 417 g/mol. The third-order valence-corrected chi connectivity index (χ3v) is 4.89. The molecule has 31 heavy (non-hydrogen) atoms. The molecule has 4 aromatic rings. The fraction of sp³-hybridized carbons (Fsp3) is 0.130. The molecule has 0 aliphatic carbocycles. The van der Waals surface area contributed by atoms with Crippen molar-refractivity contribution in [2.45, 2.75) is 20.8 Å². The molecule has 0 fully saturated rings. The highest BCUT2D eigenvalue weighted by Gasteiger charge is 2.10. The second kappa shape index (κ2) is 8.35. The van der Waals surface area contributed by atoms with Crippen molar-refractivity contribution in [2.24, 2.45) is 0 Å². The lowest BCUT2D eigenvalue weighted by atomic mass is 10.1. The average Bonchev–Trinajstić information content (AvgIpc) is 3.10. The molecule has 1 amide bonds. The van der Waals surface area contributed by atoms with Crippen LogP contribution in [0.5, 0.6) is 11.6 Å². The molecule has 0 atom stereocenters. The van der Waals surface area contributed by atoms with Crippen LogP contribution < -0.4 is 10.1 Å². The maximum Gasteiger partial charge on any atom is 0.255 e. The van der Waals surface area contributed by atoms with E-state index in [0.29, 0.717) is 28.7 Å². The van der Waals surface area contributed by atoms with E-state index in [9.17, 15) is 9.18 Å². The zero-order chi connectivity index (χ0) is 22.0. The molecule has 1 N–H and O–H groups in total. The number of anilines is 1. The molecule has 0 unspecified atom stereocenters. The average molecular weight is 417 g/mol. The largest absolute Gasteiger partial charge is 0.439 e. The maximum absolute atomic E-state index is 13.7. The van der Waals surface area contributed by atoms with Gasteiger partial charge in [0.25, 0.3) is 5.91 Å². The fourth-order valence-corrected chi connectivity index (χ4v) is 2.91. The summed E-state index contributed by atoms with van der Waals surface area (Å²) in [6.45, 7) is 5.54. The number of imidazole rings is 1. The Hall–Kier alpha value is -4.07. The molecule has 0 radical (unpaired) electrons. The Labute approximate surface area is 178 Å². The van der Waals surface area contributed by atoms with Crippen LogP contribution in [-0.4, -0.2) is 25.4 Å². The first-order valence-corrected chi connectivity index (χ1v) is 9.59. The molecular formula is C23H20FN5O2. The summed E-state index contributed by atoms with van der Waals surface area (Å²) in [4.78, 5) is 25.0. The summed E-state index contributed by atoms with van der Waals surface area (Å²) >= 11 is 0. The highest BCUT2D eigenvalue weighted by molar-refractivity contribution is 6.04. The molecule has 0 saturated heterocycles. The Morgan fingerprint density at radius 1 is 1.00 bits per heavy atom. The highest BCUT2D eigenvalue weighted by Crippen LogP contribution is 2.23. The molecule has 0 spiro atoms. The summed E-state index contributed by atoms with van der Waals surface area (Å²) in [6.07, 6.45) is 3.13. The van der Waals surface area contributed by atoms with Gasteiger partial charge in [0.15, 0.2) is 0 Å². The molecule has 0 saturated carbocycles. The summed E-state index contributed by atoms with van der Waals surface area (Å²) in [7, 11) is 0. The molecule has 0 aliphatic rings. The molecular weight excluding hydrogens is 397 g/mol. The van der Waals surface area contributed by atoms with E-state index in [0.717, 1.165) is 11.4 Å². The van der Waals surface area contributed by atoms with Gasteiger partial charge in [0.2, 0.25) is 5.88 Å². The fourth-order valence-electron chi connectivity index (χ4n) is 2.91. The van der Waals surface area contributed by atoms with Gasteiger partial charge in [-0.1, -0.05) is 6.07 Å². The van der Waals surface area contributed by atoms with Gasteiger partial charge in [-0.15, -0.1) is 0 Å². The van der Waals surface area contributed by atoms with Crippen molar-refractivity contribution in [1.82, 2.24) is 19.5 Å². The van der Waals surface area contributed by atoms with Crippen LogP contribution in [0.4, 0.5) is 10.1 Å². The Balaban J connectivity index is 1.45. The number of hydrogen-bond donors (Lipinski definition) is 1. The van der Waals surface area contributed by atoms with Gasteiger partial charge in [0.05, 0.1) is 5.69 Å². The van der Waals surface area contributed by atoms with Gasteiger partial charge in [0.1, 0.15) is 30.0 Å². The Bertz CT molecular complexity index is 1250. The summed E-state index contributed by atoms with van der Waals surface area (Å²) in [6, 6.07) is 12.9. The van der Waals surface area contributed by atoms with E-state index in [1.54, 1.807) is 55.7 Å². The number of carbonyl (C=O) groups is 1. The summed E-state index contributed by atoms with van der Waals surface area (Å²) < 4.78 is 21.4. The number of carbonyl (C=O) groups excluding carboxylic acids is 1. The minimum absolute atomic E-state index is 0.252. The van der Waals surface area contributed by atoms with E-state index in [1.807, 2.05) is 18.4 Å². The van der Waals surface area contributed by atoms with Crippen molar-refractivity contribution in [1.29, 1.82) is 0 Å². The number of aromatic nitrogens is 4. The third kappa shape index (κ3) is 4.42. The van der Waals surface area contributed by atoms with Gasteiger partial charge < -0.3 is 10.1 Å². The first kappa shape index (κ1) is 20.2. The van der Waals surface area contributed by atoms with Gasteiger partial charge in [-0.05, 0) is 62.7 Å². The van der Waals surface area contributed by atoms with E-state index < -0.39 is 5.82 Å². The van der Waals surface area contributed by atoms with Crippen LogP contribution in [0.15, 0.2) is 61.2 Å². The number of rotatable bonds is 5. The van der Waals surface area contributed by atoms with Crippen molar-refractivity contribution < 1.29 is 13.9 Å². The van der Waals surface area contributed by atoms with E-state index >= 15 is 0 Å². The number of amides is 1. The van der Waals surface area contributed by atoms with Crippen LogP contribution in [0.25, 0.3) is 5.82 Å². The van der Waals surface area contributed by atoms with Crippen LogP contribution in [0.2, 0.25) is 0 Å². The molecule has 0 bridgehead atoms. The Morgan fingerprint density at radius 3 is 2.45 bits per heavy atom. The summed E-state index contributed by atoms with van der Waals surface area (Å²) in [5, 5.41) is 2.74. The lowest BCUT2D eigenvalue weighted by Gasteiger charge is -2.09. The molecule has 4 rings (SSSR count). The number of nitrogens with zero attached hydrogens (tertiary/aromatic N) is 4. The zero-order valence-electron chi connectivity index (χ0n) is 17.3. The normalized spacial score (nSPS) is 10.7. The van der Waals surface area contributed by atoms with Gasteiger partial charge in [-0.25, -0.2) is 19.3 Å². The smallest absolute Gasteiger partial charge is 0.255 e. The molecule has 2 aromatic carbocycles. The van der Waals surface area contributed by atoms with E-state index in [-0.39, 0.29) is 11.5 Å². The number of ether oxygens (including phenoxy) is 1. The number of aryl methyl sites for hydroxylation is 2. The first-order valence-electron chi connectivity index (χ1n) is 9.59. The van der Waals surface area contributed by atoms with Crippen molar-refractivity contribution in [2.75, 3.05) is 5.32 Å². The topological polar surface area (TPSA) is 81.9 Å². The molecule has 0 aliphatic heterocycles. The Kier molecular flexibility index (Phi) is 5.44. The molecule has 2 heterocycles. The van der Waals surface area contributed by atoms with Crippen molar-refractivity contribution in [3.05, 3.63) is 89.5 Å². The van der Waals surface area contributed by atoms with Crippen LogP contribution in [-0.2, 0) is 0 Å². The number of nitrogens with one attached hydrogen (secondary N) is 1. The Morgan fingerprint density at radius 2 is 1.77 bits per heavy atom. The first-order chi connectivity index (χ1) is 14.9. The molecule has 156 valence electrons. The number of halogens is 1. The van der Waals surface area contributed by atoms with Gasteiger partial charge in [0, 0.05) is 23.0 Å². The third-order valence-electron chi connectivity index (χ3n) is 4.89. The maximum atomic E-state index is 13.7. The highest BCUT2D eigenvalue weighted by atomic mass is 19.1. The second-order valence-corrected chi connectivity index (χ2v) is 7.04. The molecule has 2 aromatic heterocycles. The molecule has 7 nitrogen and oxygen atoms in total. The lowest BCUT2D eigenvalue weighted by molar-refractivity contribution is 0.102. The van der Waals surface area contributed by atoms with E-state index in [2.05, 4.69) is 20.3 Å². The predicted molar refractivity (Wildman–Crippen MR) is 114 cm³/mol. The van der Waals surface area contributed by atoms with E-state index in [1.165, 1.54) is 12.4 Å². The zero-order valence-corrected chi connectivity index (χ0v) is 17.3. The van der Waals surface area contributed by atoms with Gasteiger partial charge in [-0.2, -0.15) is 0 Å². The number of hydrogen-bond acceptors (Lipinski definition) is 5. The van der Waals surface area contributed by atoms with Crippen LogP contribution in [0.1, 0.15) is 27.3 Å². The van der Waals surface area contributed by atoms with Crippen LogP contribution in [0, 0.1) is 26.6 Å². The minimum atomic E-state index is -0.415. The number of benzene rings is 2. The quantitative estimate of drug-likeness (QED) is 0.506. The standard InChI is InChI=1S/C23H20FN5O2/c1-14-4-5-17(10-20(14)24)23(30)28-18-6-8-19(9-7-18)31-22-11-21(25-12-26-22)29-13-27-15(2)16(29)3/h4-13H,1-3H3,(H,28,30). The van der Waals surface area contributed by atoms with Crippen molar-refractivity contribution in [3.63, 3.8) is 0 Å². The van der Waals surface area contributed by atoms with Crippen molar-refractivity contribution >= 4 is 11.6 Å². The molecule has 8 heteroatoms. The van der Waals surface area contributed by atoms with Crippen LogP contribution >= 0.6 is 0 Å². The van der Waals surface area contributed by atoms with Gasteiger partial charge >= 0.3 is 0 Å². The van der Waals surface area contributed by atoms with Crippen LogP contribution in [0.3, 0.4) is 0 Å².